The SMILES string of the molecule is CCc1nnc(CNC(=O)c2cc(-c3cccn3C)n[nH]2)s1. The van der Waals surface area contributed by atoms with Gasteiger partial charge in [0.15, 0.2) is 0 Å². The quantitative estimate of drug-likeness (QED) is 0.750. The Morgan fingerprint density at radius 2 is 2.23 bits per heavy atom. The van der Waals surface area contributed by atoms with Crippen LogP contribution in [-0.2, 0) is 20.0 Å². The van der Waals surface area contributed by atoms with E-state index in [4.69, 9.17) is 0 Å². The summed E-state index contributed by atoms with van der Waals surface area (Å²) in [6.07, 6.45) is 2.79. The van der Waals surface area contributed by atoms with Crippen LogP contribution in [0, 0.1) is 0 Å². The fourth-order valence-electron chi connectivity index (χ4n) is 2.05. The molecule has 0 bridgehead atoms. The molecule has 3 aromatic rings. The number of nitrogens with zero attached hydrogens (tertiary/aromatic N) is 4. The van der Waals surface area contributed by atoms with E-state index >= 15 is 0 Å². The van der Waals surface area contributed by atoms with Gasteiger partial charge in [-0.05, 0) is 24.6 Å². The lowest BCUT2D eigenvalue weighted by Gasteiger charge is -1.99. The molecule has 0 aliphatic rings. The first-order valence-electron chi connectivity index (χ1n) is 6.94. The lowest BCUT2D eigenvalue weighted by atomic mass is 10.3. The number of hydrogen-bond donors (Lipinski definition) is 2. The van der Waals surface area contributed by atoms with Crippen LogP contribution in [0.4, 0.5) is 0 Å². The van der Waals surface area contributed by atoms with Crippen molar-refractivity contribution in [3.8, 4) is 11.4 Å². The predicted molar refractivity (Wildman–Crippen MR) is 83.5 cm³/mol. The summed E-state index contributed by atoms with van der Waals surface area (Å²) in [7, 11) is 1.94. The van der Waals surface area contributed by atoms with Gasteiger partial charge in [0, 0.05) is 13.2 Å². The van der Waals surface area contributed by atoms with Gasteiger partial charge in [-0.25, -0.2) is 0 Å². The Morgan fingerprint density at radius 1 is 1.41 bits per heavy atom. The van der Waals surface area contributed by atoms with Crippen LogP contribution in [0.2, 0.25) is 0 Å². The summed E-state index contributed by atoms with van der Waals surface area (Å²) in [6.45, 7) is 2.40. The average Bonchev–Trinajstić information content (AvgIpc) is 3.24. The third-order valence-electron chi connectivity index (χ3n) is 3.24. The van der Waals surface area contributed by atoms with Crippen molar-refractivity contribution in [3.05, 3.63) is 40.1 Å². The van der Waals surface area contributed by atoms with Gasteiger partial charge in [-0.3, -0.25) is 9.89 Å². The van der Waals surface area contributed by atoms with Crippen molar-refractivity contribution in [2.45, 2.75) is 19.9 Å². The number of carbonyl (C=O) groups is 1. The maximum Gasteiger partial charge on any atom is 0.269 e. The number of aromatic nitrogens is 5. The summed E-state index contributed by atoms with van der Waals surface area (Å²) in [4.78, 5) is 12.1. The van der Waals surface area contributed by atoms with Gasteiger partial charge in [0.05, 0.1) is 12.2 Å². The average molecular weight is 316 g/mol. The first-order chi connectivity index (χ1) is 10.7. The smallest absolute Gasteiger partial charge is 0.269 e. The molecular weight excluding hydrogens is 300 g/mol. The second kappa shape index (κ2) is 6.10. The van der Waals surface area contributed by atoms with Gasteiger partial charge in [0.2, 0.25) is 0 Å². The molecule has 0 aromatic carbocycles. The van der Waals surface area contributed by atoms with E-state index in [2.05, 4.69) is 25.7 Å². The highest BCUT2D eigenvalue weighted by molar-refractivity contribution is 7.11. The Labute approximate surface area is 131 Å². The molecule has 0 saturated heterocycles. The number of nitrogens with one attached hydrogen (secondary N) is 2. The number of amides is 1. The van der Waals surface area contributed by atoms with E-state index in [1.54, 1.807) is 6.07 Å². The van der Waals surface area contributed by atoms with Gasteiger partial charge in [0.1, 0.15) is 21.4 Å². The minimum Gasteiger partial charge on any atom is -0.349 e. The van der Waals surface area contributed by atoms with Gasteiger partial charge in [0.25, 0.3) is 5.91 Å². The highest BCUT2D eigenvalue weighted by Crippen LogP contribution is 2.17. The monoisotopic (exact) mass is 316 g/mol. The van der Waals surface area contributed by atoms with Gasteiger partial charge in [-0.15, -0.1) is 10.2 Å². The van der Waals surface area contributed by atoms with E-state index in [-0.39, 0.29) is 5.91 Å². The number of carbonyl (C=O) groups excluding carboxylic acids is 1. The first kappa shape index (κ1) is 14.5. The summed E-state index contributed by atoms with van der Waals surface area (Å²) >= 11 is 1.51. The molecule has 0 aliphatic carbocycles. The molecule has 0 fully saturated rings. The zero-order valence-corrected chi connectivity index (χ0v) is 13.1. The lowest BCUT2D eigenvalue weighted by molar-refractivity contribution is 0.0946. The number of hydrogen-bond acceptors (Lipinski definition) is 5. The molecule has 0 radical (unpaired) electrons. The molecular formula is C14H16N6OS. The minimum atomic E-state index is -0.207. The number of rotatable bonds is 5. The Bertz CT molecular complexity index is 787. The maximum atomic E-state index is 12.1. The van der Waals surface area contributed by atoms with Gasteiger partial charge >= 0.3 is 0 Å². The summed E-state index contributed by atoms with van der Waals surface area (Å²) in [6, 6.07) is 5.62. The number of aryl methyl sites for hydroxylation is 2. The summed E-state index contributed by atoms with van der Waals surface area (Å²) in [5.41, 5.74) is 2.12. The van der Waals surface area contributed by atoms with E-state index in [0.717, 1.165) is 27.8 Å². The van der Waals surface area contributed by atoms with Crippen LogP contribution in [-0.4, -0.2) is 30.9 Å². The van der Waals surface area contributed by atoms with Crippen molar-refractivity contribution >= 4 is 17.2 Å². The molecule has 3 rings (SSSR count). The van der Waals surface area contributed by atoms with Crippen LogP contribution in [0.5, 0.6) is 0 Å². The van der Waals surface area contributed by atoms with Crippen LogP contribution in [0.15, 0.2) is 24.4 Å². The van der Waals surface area contributed by atoms with E-state index in [0.29, 0.717) is 12.2 Å². The molecule has 0 atom stereocenters. The fourth-order valence-corrected chi connectivity index (χ4v) is 2.77. The standard InChI is InChI=1S/C14H16N6OS/c1-3-12-18-19-13(22-12)8-15-14(21)10-7-9(16-17-10)11-5-4-6-20(11)2/h4-7H,3,8H2,1-2H3,(H,15,21)(H,16,17). The minimum absolute atomic E-state index is 0.207. The van der Waals surface area contributed by atoms with Gasteiger partial charge in [-0.2, -0.15) is 5.10 Å². The summed E-state index contributed by atoms with van der Waals surface area (Å²) < 4.78 is 1.95. The topological polar surface area (TPSA) is 88.5 Å². The Morgan fingerprint density at radius 3 is 2.91 bits per heavy atom. The van der Waals surface area contributed by atoms with E-state index in [1.165, 1.54) is 11.3 Å². The molecule has 114 valence electrons. The third-order valence-corrected chi connectivity index (χ3v) is 4.31. The van der Waals surface area contributed by atoms with Gasteiger partial charge in [-0.1, -0.05) is 18.3 Å². The molecule has 0 unspecified atom stereocenters. The van der Waals surface area contributed by atoms with Crippen LogP contribution < -0.4 is 5.32 Å². The molecule has 1 amide bonds. The van der Waals surface area contributed by atoms with Crippen molar-refractivity contribution in [1.29, 1.82) is 0 Å². The highest BCUT2D eigenvalue weighted by Gasteiger charge is 2.13. The normalized spacial score (nSPS) is 10.8. The van der Waals surface area contributed by atoms with Crippen LogP contribution in [0.3, 0.4) is 0 Å². The van der Waals surface area contributed by atoms with Crippen molar-refractivity contribution in [2.24, 2.45) is 7.05 Å². The summed E-state index contributed by atoms with van der Waals surface area (Å²) in [5.74, 6) is -0.207. The van der Waals surface area contributed by atoms with Crippen molar-refractivity contribution < 1.29 is 4.79 Å². The number of H-pyrrole nitrogens is 1. The first-order valence-corrected chi connectivity index (χ1v) is 7.75. The predicted octanol–water partition coefficient (Wildman–Crippen LogP) is 1.76. The second-order valence-corrected chi connectivity index (χ2v) is 5.94. The summed E-state index contributed by atoms with van der Waals surface area (Å²) in [5, 5.41) is 19.6. The largest absolute Gasteiger partial charge is 0.349 e. The zero-order chi connectivity index (χ0) is 15.5. The van der Waals surface area contributed by atoms with Gasteiger partial charge < -0.3 is 9.88 Å². The van der Waals surface area contributed by atoms with E-state index in [9.17, 15) is 4.79 Å². The Kier molecular flexibility index (Phi) is 4.01. The van der Waals surface area contributed by atoms with E-state index < -0.39 is 0 Å². The van der Waals surface area contributed by atoms with Crippen LogP contribution in [0.1, 0.15) is 27.4 Å². The number of aromatic amines is 1. The fraction of sp³-hybridized carbons (Fsp3) is 0.286. The maximum absolute atomic E-state index is 12.1. The zero-order valence-electron chi connectivity index (χ0n) is 12.3. The molecule has 3 aromatic heterocycles. The molecule has 2 N–H and O–H groups in total. The second-order valence-electron chi connectivity index (χ2n) is 4.80. The molecule has 0 spiro atoms. The van der Waals surface area contributed by atoms with Crippen LogP contribution >= 0.6 is 11.3 Å². The van der Waals surface area contributed by atoms with Crippen molar-refractivity contribution in [1.82, 2.24) is 30.3 Å². The molecule has 0 aliphatic heterocycles. The molecule has 22 heavy (non-hydrogen) atoms. The lowest BCUT2D eigenvalue weighted by Crippen LogP contribution is -2.23. The molecule has 0 saturated carbocycles. The Hall–Kier alpha value is -2.48. The Balaban J connectivity index is 1.65. The van der Waals surface area contributed by atoms with E-state index in [1.807, 2.05) is 36.9 Å². The highest BCUT2D eigenvalue weighted by atomic mass is 32.1. The van der Waals surface area contributed by atoms with Crippen molar-refractivity contribution in [3.63, 3.8) is 0 Å². The third kappa shape index (κ3) is 2.91. The van der Waals surface area contributed by atoms with Crippen LogP contribution in [0.25, 0.3) is 11.4 Å². The molecule has 8 heteroatoms. The molecule has 7 nitrogen and oxygen atoms in total. The van der Waals surface area contributed by atoms with Crippen molar-refractivity contribution in [2.75, 3.05) is 0 Å². The molecule has 3 heterocycles.